The number of hydrogen-bond acceptors (Lipinski definition) is 5. The van der Waals surface area contributed by atoms with Crippen LogP contribution in [0.3, 0.4) is 0 Å². The van der Waals surface area contributed by atoms with Crippen LogP contribution in [0.15, 0.2) is 18.5 Å². The van der Waals surface area contributed by atoms with Crippen molar-refractivity contribution in [1.29, 1.82) is 0 Å². The molecule has 0 spiro atoms. The van der Waals surface area contributed by atoms with Crippen LogP contribution in [0, 0.1) is 6.92 Å². The topological polar surface area (TPSA) is 80.1 Å². The minimum absolute atomic E-state index is 0.114. The average Bonchev–Trinajstić information content (AvgIpc) is 2.98. The SMILES string of the molecule is Cc1nc(NC(=O)Cn2cccn2)sc1C(=O)N(C)C. The molecule has 0 aliphatic rings. The highest BCUT2D eigenvalue weighted by Gasteiger charge is 2.17. The summed E-state index contributed by atoms with van der Waals surface area (Å²) in [6.07, 6.45) is 3.31. The quantitative estimate of drug-likeness (QED) is 0.911. The Morgan fingerprint density at radius 1 is 1.45 bits per heavy atom. The number of hydrogen-bond donors (Lipinski definition) is 1. The van der Waals surface area contributed by atoms with Crippen molar-refractivity contribution in [3.8, 4) is 0 Å². The molecule has 0 saturated heterocycles. The number of nitrogens with one attached hydrogen (secondary N) is 1. The molecule has 1 N–H and O–H groups in total. The van der Waals surface area contributed by atoms with E-state index in [0.29, 0.717) is 15.7 Å². The van der Waals surface area contributed by atoms with Crippen LogP contribution in [0.5, 0.6) is 0 Å². The second kappa shape index (κ2) is 5.83. The second-order valence-electron chi connectivity index (χ2n) is 4.38. The van der Waals surface area contributed by atoms with Crippen molar-refractivity contribution in [3.05, 3.63) is 29.0 Å². The van der Waals surface area contributed by atoms with Gasteiger partial charge in [-0.05, 0) is 13.0 Å². The first-order valence-electron chi connectivity index (χ1n) is 5.93. The molecule has 0 radical (unpaired) electrons. The number of aryl methyl sites for hydroxylation is 1. The lowest BCUT2D eigenvalue weighted by molar-refractivity contribution is -0.116. The third kappa shape index (κ3) is 3.21. The molecule has 2 rings (SSSR count). The molecule has 0 aromatic carbocycles. The Balaban J connectivity index is 2.05. The second-order valence-corrected chi connectivity index (χ2v) is 5.38. The number of carbonyl (C=O) groups is 2. The van der Waals surface area contributed by atoms with Gasteiger partial charge in [0.2, 0.25) is 5.91 Å². The van der Waals surface area contributed by atoms with Crippen molar-refractivity contribution < 1.29 is 9.59 Å². The molecular weight excluding hydrogens is 278 g/mol. The van der Waals surface area contributed by atoms with Crippen LogP contribution < -0.4 is 5.32 Å². The maximum absolute atomic E-state index is 11.9. The number of carbonyl (C=O) groups excluding carboxylic acids is 2. The van der Waals surface area contributed by atoms with Crippen LogP contribution >= 0.6 is 11.3 Å². The molecule has 2 aromatic rings. The summed E-state index contributed by atoms with van der Waals surface area (Å²) >= 11 is 1.17. The summed E-state index contributed by atoms with van der Waals surface area (Å²) in [6.45, 7) is 1.86. The number of nitrogens with zero attached hydrogens (tertiary/aromatic N) is 4. The van der Waals surface area contributed by atoms with Gasteiger partial charge in [0.1, 0.15) is 11.4 Å². The molecule has 8 heteroatoms. The Kier molecular flexibility index (Phi) is 4.14. The molecule has 0 aliphatic carbocycles. The Morgan fingerprint density at radius 3 is 2.80 bits per heavy atom. The van der Waals surface area contributed by atoms with Crippen LogP contribution in [0.4, 0.5) is 5.13 Å². The van der Waals surface area contributed by atoms with Gasteiger partial charge in [-0.1, -0.05) is 11.3 Å². The number of anilines is 1. The lowest BCUT2D eigenvalue weighted by atomic mass is 10.3. The highest BCUT2D eigenvalue weighted by molar-refractivity contribution is 7.17. The minimum Gasteiger partial charge on any atom is -0.344 e. The Bertz CT molecular complexity index is 618. The molecule has 7 nitrogen and oxygen atoms in total. The summed E-state index contributed by atoms with van der Waals surface area (Å²) in [5.41, 5.74) is 0.614. The van der Waals surface area contributed by atoms with E-state index < -0.39 is 0 Å². The molecule has 0 bridgehead atoms. The van der Waals surface area contributed by atoms with Gasteiger partial charge in [-0.2, -0.15) is 5.10 Å². The largest absolute Gasteiger partial charge is 0.344 e. The Morgan fingerprint density at radius 2 is 2.20 bits per heavy atom. The van der Waals surface area contributed by atoms with Crippen LogP contribution in [0.1, 0.15) is 15.4 Å². The van der Waals surface area contributed by atoms with E-state index in [9.17, 15) is 9.59 Å². The molecule has 0 fully saturated rings. The molecule has 20 heavy (non-hydrogen) atoms. The van der Waals surface area contributed by atoms with Gasteiger partial charge in [0, 0.05) is 26.5 Å². The van der Waals surface area contributed by atoms with Gasteiger partial charge in [0.25, 0.3) is 5.91 Å². The summed E-state index contributed by atoms with van der Waals surface area (Å²) in [6, 6.07) is 1.74. The number of aromatic nitrogens is 3. The van der Waals surface area contributed by atoms with Gasteiger partial charge in [0.15, 0.2) is 5.13 Å². The predicted molar refractivity (Wildman–Crippen MR) is 75.7 cm³/mol. The summed E-state index contributed by atoms with van der Waals surface area (Å²) in [4.78, 5) is 29.9. The summed E-state index contributed by atoms with van der Waals surface area (Å²) in [5, 5.41) is 7.04. The van der Waals surface area contributed by atoms with E-state index in [1.54, 1.807) is 39.5 Å². The lowest BCUT2D eigenvalue weighted by Gasteiger charge is -2.07. The van der Waals surface area contributed by atoms with Gasteiger partial charge in [-0.15, -0.1) is 0 Å². The molecule has 2 aromatic heterocycles. The van der Waals surface area contributed by atoms with Crippen molar-refractivity contribution in [1.82, 2.24) is 19.7 Å². The van der Waals surface area contributed by atoms with Crippen LogP contribution in [-0.2, 0) is 11.3 Å². The smallest absolute Gasteiger partial charge is 0.265 e. The first kappa shape index (κ1) is 14.2. The third-order valence-corrected chi connectivity index (χ3v) is 3.57. The molecule has 0 atom stereocenters. The van der Waals surface area contributed by atoms with Crippen LogP contribution in [0.2, 0.25) is 0 Å². The predicted octanol–water partition coefficient (Wildman–Crippen LogP) is 0.989. The van der Waals surface area contributed by atoms with Crippen molar-refractivity contribution >= 4 is 28.3 Å². The number of thiazole rings is 1. The monoisotopic (exact) mass is 293 g/mol. The normalized spacial score (nSPS) is 10.3. The van der Waals surface area contributed by atoms with E-state index in [4.69, 9.17) is 0 Å². The van der Waals surface area contributed by atoms with E-state index in [2.05, 4.69) is 15.4 Å². The van der Waals surface area contributed by atoms with Gasteiger partial charge in [-0.3, -0.25) is 14.3 Å². The van der Waals surface area contributed by atoms with Crippen LogP contribution in [-0.4, -0.2) is 45.6 Å². The van der Waals surface area contributed by atoms with E-state index in [-0.39, 0.29) is 18.4 Å². The zero-order valence-corrected chi connectivity index (χ0v) is 12.3. The fourth-order valence-electron chi connectivity index (χ4n) is 1.55. The Hall–Kier alpha value is -2.22. The van der Waals surface area contributed by atoms with Crippen LogP contribution in [0.25, 0.3) is 0 Å². The van der Waals surface area contributed by atoms with E-state index in [0.717, 1.165) is 0 Å². The third-order valence-electron chi connectivity index (χ3n) is 2.51. The van der Waals surface area contributed by atoms with Crippen molar-refractivity contribution in [2.45, 2.75) is 13.5 Å². The molecule has 0 aliphatic heterocycles. The standard InChI is InChI=1S/C12H15N5O2S/c1-8-10(11(19)16(2)3)20-12(14-8)15-9(18)7-17-6-4-5-13-17/h4-6H,7H2,1-3H3,(H,14,15,18). The molecule has 2 heterocycles. The Labute approximate surface area is 120 Å². The molecule has 106 valence electrons. The van der Waals surface area contributed by atoms with E-state index in [1.807, 2.05) is 0 Å². The summed E-state index contributed by atoms with van der Waals surface area (Å²) in [5.74, 6) is -0.348. The highest BCUT2D eigenvalue weighted by Crippen LogP contribution is 2.23. The average molecular weight is 293 g/mol. The van der Waals surface area contributed by atoms with Gasteiger partial charge in [0.05, 0.1) is 5.69 Å². The maximum atomic E-state index is 11.9. The van der Waals surface area contributed by atoms with Crippen molar-refractivity contribution in [2.24, 2.45) is 0 Å². The summed E-state index contributed by atoms with van der Waals surface area (Å²) < 4.78 is 1.52. The molecule has 0 unspecified atom stereocenters. The fourth-order valence-corrected chi connectivity index (χ4v) is 2.56. The van der Waals surface area contributed by atoms with Crippen molar-refractivity contribution in [2.75, 3.05) is 19.4 Å². The van der Waals surface area contributed by atoms with Crippen molar-refractivity contribution in [3.63, 3.8) is 0 Å². The molecule has 0 saturated carbocycles. The van der Waals surface area contributed by atoms with Gasteiger partial charge < -0.3 is 10.2 Å². The lowest BCUT2D eigenvalue weighted by Crippen LogP contribution is -2.21. The first-order chi connectivity index (χ1) is 9.47. The molecule has 2 amide bonds. The highest BCUT2D eigenvalue weighted by atomic mass is 32.1. The fraction of sp³-hybridized carbons (Fsp3) is 0.333. The number of amides is 2. The van der Waals surface area contributed by atoms with E-state index >= 15 is 0 Å². The van der Waals surface area contributed by atoms with Gasteiger partial charge >= 0.3 is 0 Å². The number of rotatable bonds is 4. The zero-order chi connectivity index (χ0) is 14.7. The molecular formula is C12H15N5O2S. The first-order valence-corrected chi connectivity index (χ1v) is 6.75. The van der Waals surface area contributed by atoms with E-state index in [1.165, 1.54) is 20.9 Å². The van der Waals surface area contributed by atoms with Gasteiger partial charge in [-0.25, -0.2) is 4.98 Å². The zero-order valence-electron chi connectivity index (χ0n) is 11.5. The maximum Gasteiger partial charge on any atom is 0.265 e. The summed E-state index contributed by atoms with van der Waals surface area (Å²) in [7, 11) is 3.36. The minimum atomic E-state index is -0.230.